The average Bonchev–Trinajstić information content (AvgIpc) is 2.94. The molecule has 1 aromatic heterocycles. The molecular weight excluding hydrogens is 388 g/mol. The molecule has 2 saturated heterocycles. The van der Waals surface area contributed by atoms with E-state index >= 15 is 0 Å². The first kappa shape index (κ1) is 20.2. The van der Waals surface area contributed by atoms with E-state index in [0.29, 0.717) is 12.6 Å². The first-order chi connectivity index (χ1) is 14.0. The third-order valence-electron chi connectivity index (χ3n) is 5.70. The molecule has 2 fully saturated rings. The van der Waals surface area contributed by atoms with Crippen molar-refractivity contribution in [2.75, 3.05) is 68.5 Å². The number of ether oxygens (including phenoxy) is 1. The minimum absolute atomic E-state index is 0.0137. The van der Waals surface area contributed by atoms with Gasteiger partial charge in [-0.15, -0.1) is 0 Å². The number of aromatic nitrogens is 2. The van der Waals surface area contributed by atoms with Crippen LogP contribution in [0.25, 0.3) is 0 Å². The molecule has 4 rings (SSSR count). The summed E-state index contributed by atoms with van der Waals surface area (Å²) in [6, 6.07) is 8.36. The van der Waals surface area contributed by atoms with Crippen LogP contribution in [-0.2, 0) is 4.74 Å². The molecule has 8 heteroatoms. The van der Waals surface area contributed by atoms with Gasteiger partial charge in [0.1, 0.15) is 5.82 Å². The lowest BCUT2D eigenvalue weighted by atomic mass is 10.0. The van der Waals surface area contributed by atoms with Crippen LogP contribution >= 0.6 is 11.6 Å². The number of hydrogen-bond acceptors (Lipinski definition) is 7. The molecule has 1 atom stereocenters. The Balaban J connectivity index is 1.63. The molecule has 7 nitrogen and oxygen atoms in total. The zero-order chi connectivity index (χ0) is 20.4. The fourth-order valence-electron chi connectivity index (χ4n) is 4.08. The Morgan fingerprint density at radius 3 is 2.62 bits per heavy atom. The molecule has 2 aliphatic rings. The second kappa shape index (κ2) is 8.73. The summed E-state index contributed by atoms with van der Waals surface area (Å²) in [5, 5.41) is 0.765. The van der Waals surface area contributed by atoms with Crippen LogP contribution in [0.4, 0.5) is 17.5 Å². The van der Waals surface area contributed by atoms with Gasteiger partial charge >= 0.3 is 0 Å². The minimum atomic E-state index is -0.0137. The minimum Gasteiger partial charge on any atom is -0.379 e. The summed E-state index contributed by atoms with van der Waals surface area (Å²) in [6.45, 7) is 8.23. The largest absolute Gasteiger partial charge is 0.379 e. The van der Waals surface area contributed by atoms with Gasteiger partial charge in [0.15, 0.2) is 0 Å². The van der Waals surface area contributed by atoms with Crippen molar-refractivity contribution < 1.29 is 4.74 Å². The van der Waals surface area contributed by atoms with Gasteiger partial charge in [0, 0.05) is 61.8 Å². The summed E-state index contributed by atoms with van der Waals surface area (Å²) in [7, 11) is 2.16. The van der Waals surface area contributed by atoms with E-state index in [2.05, 4.69) is 49.9 Å². The van der Waals surface area contributed by atoms with E-state index in [1.54, 1.807) is 0 Å². The van der Waals surface area contributed by atoms with Crippen molar-refractivity contribution in [2.24, 2.45) is 0 Å². The Labute approximate surface area is 177 Å². The number of nitrogens with two attached hydrogens (primary N) is 1. The second-order valence-corrected chi connectivity index (χ2v) is 8.27. The van der Waals surface area contributed by atoms with Gasteiger partial charge in [0.05, 0.1) is 12.6 Å². The third-order valence-corrected chi connectivity index (χ3v) is 6.03. The highest BCUT2D eigenvalue weighted by molar-refractivity contribution is 6.31. The van der Waals surface area contributed by atoms with E-state index < -0.39 is 0 Å². The number of rotatable bonds is 3. The number of benzene rings is 1. The molecule has 1 aromatic carbocycles. The van der Waals surface area contributed by atoms with Crippen molar-refractivity contribution >= 4 is 29.1 Å². The van der Waals surface area contributed by atoms with Gasteiger partial charge in [-0.3, -0.25) is 0 Å². The van der Waals surface area contributed by atoms with Crippen molar-refractivity contribution in [3.05, 3.63) is 40.5 Å². The van der Waals surface area contributed by atoms with Crippen LogP contribution in [-0.4, -0.2) is 67.9 Å². The van der Waals surface area contributed by atoms with Crippen molar-refractivity contribution in [3.63, 3.8) is 0 Å². The monoisotopic (exact) mass is 416 g/mol. The molecule has 2 aliphatic heterocycles. The molecular formula is C21H29ClN6O. The third kappa shape index (κ3) is 4.57. The van der Waals surface area contributed by atoms with Crippen LogP contribution in [0.3, 0.4) is 0 Å². The maximum Gasteiger partial charge on any atom is 0.222 e. The van der Waals surface area contributed by atoms with Crippen molar-refractivity contribution in [1.82, 2.24) is 14.9 Å². The molecule has 0 saturated carbocycles. The SMILES string of the molecule is Cc1cc(N2CCCOC[C@@H]2c2ccc(N3CCN(C)CC3)cc2Cl)nc(N)n1. The highest BCUT2D eigenvalue weighted by atomic mass is 35.5. The summed E-state index contributed by atoms with van der Waals surface area (Å²) in [6.07, 6.45) is 0.927. The number of nitrogen functional groups attached to an aromatic ring is 1. The molecule has 3 heterocycles. The van der Waals surface area contributed by atoms with E-state index in [1.807, 2.05) is 13.0 Å². The highest BCUT2D eigenvalue weighted by Crippen LogP contribution is 2.35. The molecule has 156 valence electrons. The number of halogens is 1. The predicted molar refractivity (Wildman–Crippen MR) is 118 cm³/mol. The van der Waals surface area contributed by atoms with Crippen molar-refractivity contribution in [3.8, 4) is 0 Å². The van der Waals surface area contributed by atoms with Crippen LogP contribution < -0.4 is 15.5 Å². The number of anilines is 3. The zero-order valence-electron chi connectivity index (χ0n) is 17.1. The molecule has 0 radical (unpaired) electrons. The Hall–Kier alpha value is -2.09. The van der Waals surface area contributed by atoms with Gasteiger partial charge in [0.2, 0.25) is 5.95 Å². The topological polar surface area (TPSA) is 70.8 Å². The number of hydrogen-bond donors (Lipinski definition) is 1. The van der Waals surface area contributed by atoms with Gasteiger partial charge in [-0.05, 0) is 38.1 Å². The number of likely N-dealkylation sites (N-methyl/N-ethyl adjacent to an activating group) is 1. The van der Waals surface area contributed by atoms with E-state index in [0.717, 1.165) is 67.8 Å². The number of piperazine rings is 1. The maximum atomic E-state index is 6.80. The Morgan fingerprint density at radius 2 is 1.90 bits per heavy atom. The predicted octanol–water partition coefficient (Wildman–Crippen LogP) is 2.74. The highest BCUT2D eigenvalue weighted by Gasteiger charge is 2.27. The van der Waals surface area contributed by atoms with Crippen LogP contribution in [0, 0.1) is 6.92 Å². The lowest BCUT2D eigenvalue weighted by molar-refractivity contribution is 0.134. The van der Waals surface area contributed by atoms with E-state index in [-0.39, 0.29) is 6.04 Å². The molecule has 0 unspecified atom stereocenters. The average molecular weight is 417 g/mol. The second-order valence-electron chi connectivity index (χ2n) is 7.86. The summed E-state index contributed by atoms with van der Waals surface area (Å²) >= 11 is 6.80. The van der Waals surface area contributed by atoms with Crippen LogP contribution in [0.15, 0.2) is 24.3 Å². The van der Waals surface area contributed by atoms with Crippen LogP contribution in [0.2, 0.25) is 5.02 Å². The summed E-state index contributed by atoms with van der Waals surface area (Å²) in [5.41, 5.74) is 9.00. The van der Waals surface area contributed by atoms with Crippen LogP contribution in [0.5, 0.6) is 0 Å². The normalized spacial score (nSPS) is 21.3. The standard InChI is InChI=1S/C21H29ClN6O/c1-15-12-20(25-21(23)24-15)28-6-3-11-29-14-19(28)17-5-4-16(13-18(17)22)27-9-7-26(2)8-10-27/h4-5,12-13,19H,3,6-11,14H2,1-2H3,(H2,23,24,25)/t19-/m1/s1. The lowest BCUT2D eigenvalue weighted by Gasteiger charge is -2.35. The van der Waals surface area contributed by atoms with E-state index in [9.17, 15) is 0 Å². The molecule has 0 amide bonds. The number of aryl methyl sites for hydroxylation is 1. The Kier molecular flexibility index (Phi) is 6.08. The first-order valence-electron chi connectivity index (χ1n) is 10.2. The van der Waals surface area contributed by atoms with E-state index in [4.69, 9.17) is 22.1 Å². The molecule has 0 aliphatic carbocycles. The Morgan fingerprint density at radius 1 is 1.10 bits per heavy atom. The van der Waals surface area contributed by atoms with Gasteiger partial charge in [0.25, 0.3) is 0 Å². The molecule has 0 spiro atoms. The van der Waals surface area contributed by atoms with Crippen LogP contribution in [0.1, 0.15) is 23.7 Å². The first-order valence-corrected chi connectivity index (χ1v) is 10.6. The maximum absolute atomic E-state index is 6.80. The van der Waals surface area contributed by atoms with Crippen molar-refractivity contribution in [1.29, 1.82) is 0 Å². The Bertz CT molecular complexity index is 835. The number of nitrogens with zero attached hydrogens (tertiary/aromatic N) is 5. The summed E-state index contributed by atoms with van der Waals surface area (Å²) in [5.74, 6) is 1.12. The molecule has 0 bridgehead atoms. The molecule has 2 aromatic rings. The fourth-order valence-corrected chi connectivity index (χ4v) is 4.38. The lowest BCUT2D eigenvalue weighted by Crippen LogP contribution is -2.44. The van der Waals surface area contributed by atoms with E-state index in [1.165, 1.54) is 5.69 Å². The quantitative estimate of drug-likeness (QED) is 0.824. The zero-order valence-corrected chi connectivity index (χ0v) is 17.9. The fraction of sp³-hybridized carbons (Fsp3) is 0.524. The molecule has 2 N–H and O–H groups in total. The summed E-state index contributed by atoms with van der Waals surface area (Å²) in [4.78, 5) is 15.7. The van der Waals surface area contributed by atoms with Gasteiger partial charge in [-0.2, -0.15) is 4.98 Å². The van der Waals surface area contributed by atoms with Gasteiger partial charge in [-0.1, -0.05) is 17.7 Å². The van der Waals surface area contributed by atoms with Gasteiger partial charge < -0.3 is 25.2 Å². The molecule has 29 heavy (non-hydrogen) atoms. The van der Waals surface area contributed by atoms with Crippen molar-refractivity contribution in [2.45, 2.75) is 19.4 Å². The smallest absolute Gasteiger partial charge is 0.222 e. The van der Waals surface area contributed by atoms with Gasteiger partial charge in [-0.25, -0.2) is 4.98 Å². The summed E-state index contributed by atoms with van der Waals surface area (Å²) < 4.78 is 5.90.